The Bertz CT molecular complexity index is 4050. The molecule has 0 saturated heterocycles. The summed E-state index contributed by atoms with van der Waals surface area (Å²) in [6, 6.07) is 84.6. The molecule has 0 atom stereocenters. The Morgan fingerprint density at radius 3 is 0.938 bits per heavy atom. The van der Waals surface area contributed by atoms with Gasteiger partial charge in [-0.1, -0.05) is 152 Å². The van der Waals surface area contributed by atoms with Gasteiger partial charge in [-0.25, -0.2) is 0 Å². The highest BCUT2D eigenvalue weighted by Crippen LogP contribution is 2.43. The summed E-state index contributed by atoms with van der Waals surface area (Å²) in [6.07, 6.45) is 0. The minimum Gasteiger partial charge on any atom is -0.309 e. The summed E-state index contributed by atoms with van der Waals surface area (Å²) in [7, 11) is 0. The van der Waals surface area contributed by atoms with Gasteiger partial charge in [0.05, 0.1) is 55.5 Å². The number of hydrogen-bond acceptors (Lipinski definition) is 0. The van der Waals surface area contributed by atoms with Crippen LogP contribution in [0.5, 0.6) is 0 Å². The maximum absolute atomic E-state index is 2.49. The van der Waals surface area contributed by atoms with E-state index in [4.69, 9.17) is 0 Å². The van der Waals surface area contributed by atoms with Crippen molar-refractivity contribution >= 4 is 87.2 Å². The van der Waals surface area contributed by atoms with Crippen LogP contribution in [0.25, 0.3) is 121 Å². The highest BCUT2D eigenvalue weighted by Gasteiger charge is 2.22. The van der Waals surface area contributed by atoms with Crippen molar-refractivity contribution in [3.8, 4) is 33.9 Å². The number of rotatable bonds is 5. The van der Waals surface area contributed by atoms with Crippen LogP contribution < -0.4 is 0 Å². The van der Waals surface area contributed by atoms with E-state index < -0.39 is 0 Å². The summed E-state index contributed by atoms with van der Waals surface area (Å²) in [5.74, 6) is 0. The van der Waals surface area contributed by atoms with Crippen LogP contribution in [0, 0.1) is 0 Å². The topological polar surface area (TPSA) is 19.7 Å². The molecule has 0 saturated carbocycles. The fourth-order valence-corrected chi connectivity index (χ4v) is 10.9. The molecule has 0 unspecified atom stereocenters. The number of para-hydroxylation sites is 8. The zero-order valence-electron chi connectivity index (χ0n) is 34.7. The maximum atomic E-state index is 2.49. The molecule has 0 radical (unpaired) electrons. The molecule has 298 valence electrons. The summed E-state index contributed by atoms with van der Waals surface area (Å²) < 4.78 is 9.81. The molecule has 4 aromatic heterocycles. The summed E-state index contributed by atoms with van der Waals surface area (Å²) in [4.78, 5) is 0. The van der Waals surface area contributed by atoms with Gasteiger partial charge in [0, 0.05) is 65.6 Å². The van der Waals surface area contributed by atoms with Gasteiger partial charge < -0.3 is 18.3 Å². The standard InChI is InChI=1S/C60H38N4/c1-9-25-51-41(17-1)42-18-2-10-26-52(42)61(51)39-34-36-59-50(37-39)48-24-8-11-27-53(48)62(59)40-33-35-49(60(38-40)64-57-31-15-5-21-45(57)46-22-6-16-32-58(46)64)47-23-7-14-30-56(47)63-54-28-12-3-19-43(54)44-20-4-13-29-55(44)63/h1-38H. The molecule has 0 aliphatic rings. The van der Waals surface area contributed by atoms with Gasteiger partial charge in [-0.2, -0.15) is 0 Å². The van der Waals surface area contributed by atoms with E-state index in [1.54, 1.807) is 0 Å². The van der Waals surface area contributed by atoms with Crippen molar-refractivity contribution < 1.29 is 0 Å². The Labute approximate surface area is 368 Å². The predicted octanol–water partition coefficient (Wildman–Crippen LogP) is 15.7. The molecule has 14 rings (SSSR count). The number of aromatic nitrogens is 4. The van der Waals surface area contributed by atoms with Crippen molar-refractivity contribution in [1.29, 1.82) is 0 Å². The zero-order valence-corrected chi connectivity index (χ0v) is 34.7. The van der Waals surface area contributed by atoms with Crippen LogP contribution in [-0.2, 0) is 0 Å². The first-order chi connectivity index (χ1) is 31.8. The molecule has 4 heterocycles. The molecule has 0 fully saturated rings. The molecule has 10 aromatic carbocycles. The van der Waals surface area contributed by atoms with Crippen LogP contribution >= 0.6 is 0 Å². The van der Waals surface area contributed by atoms with Gasteiger partial charge in [-0.15, -0.1) is 0 Å². The Kier molecular flexibility index (Phi) is 7.36. The molecular weight excluding hydrogens is 777 g/mol. The minimum absolute atomic E-state index is 1.10. The SMILES string of the molecule is c1ccc(-n2c3ccccc3c3ccccc32)c(-c2ccc(-n3c4ccccc4c4cc(-n5c6ccccc6c6ccccc65)ccc43)cc2-n2c3ccccc3c3ccccc32)c1. The molecular formula is C60H38N4. The average Bonchev–Trinajstić information content (AvgIpc) is 4.09. The third-order valence-electron chi connectivity index (χ3n) is 13.6. The van der Waals surface area contributed by atoms with Crippen LogP contribution in [0.4, 0.5) is 0 Å². The highest BCUT2D eigenvalue weighted by atomic mass is 15.0. The monoisotopic (exact) mass is 814 g/mol. The molecule has 0 spiro atoms. The van der Waals surface area contributed by atoms with E-state index in [1.165, 1.54) is 81.7 Å². The fourth-order valence-electron chi connectivity index (χ4n) is 10.9. The Morgan fingerprint density at radius 1 is 0.188 bits per heavy atom. The van der Waals surface area contributed by atoms with Crippen molar-refractivity contribution in [1.82, 2.24) is 18.3 Å². The first kappa shape index (κ1) is 35.0. The number of hydrogen-bond donors (Lipinski definition) is 0. The van der Waals surface area contributed by atoms with Crippen molar-refractivity contribution in [2.24, 2.45) is 0 Å². The number of fused-ring (bicyclic) bond motifs is 12. The lowest BCUT2D eigenvalue weighted by molar-refractivity contribution is 1.13. The molecule has 0 aliphatic heterocycles. The van der Waals surface area contributed by atoms with Crippen LogP contribution in [0.2, 0.25) is 0 Å². The predicted molar refractivity (Wildman–Crippen MR) is 269 cm³/mol. The second-order valence-corrected chi connectivity index (χ2v) is 16.9. The quantitative estimate of drug-likeness (QED) is 0.165. The summed E-state index contributed by atoms with van der Waals surface area (Å²) in [5, 5.41) is 9.93. The summed E-state index contributed by atoms with van der Waals surface area (Å²) >= 11 is 0. The van der Waals surface area contributed by atoms with E-state index in [0.29, 0.717) is 0 Å². The van der Waals surface area contributed by atoms with E-state index >= 15 is 0 Å². The Balaban J connectivity index is 1.05. The molecule has 0 amide bonds. The Morgan fingerprint density at radius 2 is 0.484 bits per heavy atom. The first-order valence-corrected chi connectivity index (χ1v) is 22.0. The molecule has 0 N–H and O–H groups in total. The van der Waals surface area contributed by atoms with Crippen LogP contribution in [0.3, 0.4) is 0 Å². The van der Waals surface area contributed by atoms with E-state index in [1.807, 2.05) is 0 Å². The molecule has 4 heteroatoms. The zero-order chi connectivity index (χ0) is 41.9. The van der Waals surface area contributed by atoms with E-state index in [2.05, 4.69) is 249 Å². The average molecular weight is 815 g/mol. The van der Waals surface area contributed by atoms with Gasteiger partial charge in [0.25, 0.3) is 0 Å². The Hall–Kier alpha value is -8.60. The third-order valence-corrected chi connectivity index (χ3v) is 13.6. The highest BCUT2D eigenvalue weighted by molar-refractivity contribution is 6.14. The van der Waals surface area contributed by atoms with Gasteiger partial charge >= 0.3 is 0 Å². The van der Waals surface area contributed by atoms with Crippen molar-refractivity contribution in [3.63, 3.8) is 0 Å². The summed E-state index contributed by atoms with van der Waals surface area (Å²) in [5.41, 5.74) is 16.3. The van der Waals surface area contributed by atoms with E-state index in [-0.39, 0.29) is 0 Å². The van der Waals surface area contributed by atoms with Gasteiger partial charge in [-0.3, -0.25) is 0 Å². The maximum Gasteiger partial charge on any atom is 0.0562 e. The number of benzene rings is 10. The minimum atomic E-state index is 1.10. The second kappa shape index (κ2) is 13.4. The largest absolute Gasteiger partial charge is 0.309 e. The van der Waals surface area contributed by atoms with Crippen molar-refractivity contribution in [3.05, 3.63) is 231 Å². The molecule has 14 aromatic rings. The third kappa shape index (κ3) is 4.88. The lowest BCUT2D eigenvalue weighted by Crippen LogP contribution is -2.03. The second-order valence-electron chi connectivity index (χ2n) is 16.9. The normalized spacial score (nSPS) is 12.1. The first-order valence-electron chi connectivity index (χ1n) is 22.0. The lowest BCUT2D eigenvalue weighted by Gasteiger charge is -2.20. The molecule has 0 bridgehead atoms. The molecule has 0 aliphatic carbocycles. The van der Waals surface area contributed by atoms with Gasteiger partial charge in [-0.05, 0) is 78.9 Å². The van der Waals surface area contributed by atoms with Gasteiger partial charge in [0.1, 0.15) is 0 Å². The van der Waals surface area contributed by atoms with Gasteiger partial charge in [0.2, 0.25) is 0 Å². The number of nitrogens with zero attached hydrogens (tertiary/aromatic N) is 4. The summed E-state index contributed by atoms with van der Waals surface area (Å²) in [6.45, 7) is 0. The van der Waals surface area contributed by atoms with E-state index in [9.17, 15) is 0 Å². The van der Waals surface area contributed by atoms with Crippen molar-refractivity contribution in [2.75, 3.05) is 0 Å². The smallest absolute Gasteiger partial charge is 0.0562 e. The molecule has 64 heavy (non-hydrogen) atoms. The van der Waals surface area contributed by atoms with Crippen LogP contribution in [0.15, 0.2) is 231 Å². The van der Waals surface area contributed by atoms with Crippen LogP contribution in [-0.4, -0.2) is 18.3 Å². The van der Waals surface area contributed by atoms with E-state index in [0.717, 1.165) is 39.4 Å². The fraction of sp³-hybridized carbons (Fsp3) is 0. The molecule has 4 nitrogen and oxygen atoms in total. The lowest BCUT2D eigenvalue weighted by atomic mass is 10.00. The van der Waals surface area contributed by atoms with Gasteiger partial charge in [0.15, 0.2) is 0 Å². The van der Waals surface area contributed by atoms with Crippen LogP contribution in [0.1, 0.15) is 0 Å². The van der Waals surface area contributed by atoms with Crippen molar-refractivity contribution in [2.45, 2.75) is 0 Å².